The lowest BCUT2D eigenvalue weighted by Crippen LogP contribution is -2.58. The lowest BCUT2D eigenvalue weighted by Gasteiger charge is -2.45. The molecule has 1 aliphatic heterocycles. The van der Waals surface area contributed by atoms with Crippen molar-refractivity contribution in [1.82, 2.24) is 5.32 Å². The minimum atomic E-state index is -1.78. The molecule has 0 saturated carbocycles. The fourth-order valence-electron chi connectivity index (χ4n) is 3.86. The van der Waals surface area contributed by atoms with E-state index in [2.05, 4.69) is 11.4 Å². The molecule has 4 atom stereocenters. The molecule has 1 fully saturated rings. The highest BCUT2D eigenvalue weighted by Gasteiger charge is 2.62. The lowest BCUT2D eigenvalue weighted by atomic mass is 9.59. The van der Waals surface area contributed by atoms with Gasteiger partial charge in [0.1, 0.15) is 5.92 Å². The van der Waals surface area contributed by atoms with Crippen molar-refractivity contribution in [2.75, 3.05) is 6.61 Å². The van der Waals surface area contributed by atoms with Crippen molar-refractivity contribution in [3.63, 3.8) is 0 Å². The Hall–Kier alpha value is -3.64. The number of hydrogen-bond donors (Lipinski definition) is 1. The molecule has 140 valence electrons. The van der Waals surface area contributed by atoms with Crippen molar-refractivity contribution >= 4 is 11.9 Å². The van der Waals surface area contributed by atoms with Gasteiger partial charge in [0.2, 0.25) is 5.91 Å². The molecule has 2 aromatic carbocycles. The predicted molar refractivity (Wildman–Crippen MR) is 100 cm³/mol. The summed E-state index contributed by atoms with van der Waals surface area (Å²) in [7, 11) is 0. The molecule has 6 heteroatoms. The smallest absolute Gasteiger partial charge is 0.329 e. The van der Waals surface area contributed by atoms with Crippen LogP contribution in [0.4, 0.5) is 0 Å². The van der Waals surface area contributed by atoms with E-state index in [0.717, 1.165) is 0 Å². The topological polar surface area (TPSA) is 103 Å². The van der Waals surface area contributed by atoms with E-state index in [1.165, 1.54) is 0 Å². The van der Waals surface area contributed by atoms with Crippen molar-refractivity contribution in [1.29, 1.82) is 10.5 Å². The normalized spacial score (nSPS) is 26.4. The number of amides is 1. The third kappa shape index (κ3) is 3.00. The Bertz CT molecular complexity index is 946. The second-order valence-electron chi connectivity index (χ2n) is 6.55. The van der Waals surface area contributed by atoms with Gasteiger partial charge in [-0.3, -0.25) is 9.59 Å². The summed E-state index contributed by atoms with van der Waals surface area (Å²) in [5.41, 5.74) is -0.616. The molecule has 4 unspecified atom stereocenters. The first-order valence-corrected chi connectivity index (χ1v) is 8.98. The Kier molecular flexibility index (Phi) is 5.42. The Morgan fingerprint density at radius 1 is 1.07 bits per heavy atom. The van der Waals surface area contributed by atoms with E-state index in [1.807, 2.05) is 6.07 Å². The van der Waals surface area contributed by atoms with Crippen molar-refractivity contribution in [3.8, 4) is 12.1 Å². The van der Waals surface area contributed by atoms with Gasteiger partial charge in [-0.2, -0.15) is 10.5 Å². The number of nitrogens with zero attached hydrogens (tertiary/aromatic N) is 2. The van der Waals surface area contributed by atoms with Crippen LogP contribution in [-0.2, 0) is 14.3 Å². The quantitative estimate of drug-likeness (QED) is 0.830. The van der Waals surface area contributed by atoms with Gasteiger partial charge in [-0.05, 0) is 18.1 Å². The molecule has 1 saturated heterocycles. The van der Waals surface area contributed by atoms with Gasteiger partial charge < -0.3 is 10.1 Å². The highest BCUT2D eigenvalue weighted by molar-refractivity contribution is 5.92. The molecule has 0 bridgehead atoms. The molecule has 1 heterocycles. The number of hydrogen-bond acceptors (Lipinski definition) is 5. The number of piperidine rings is 1. The number of benzene rings is 2. The highest BCUT2D eigenvalue weighted by Crippen LogP contribution is 2.52. The predicted octanol–water partition coefficient (Wildman–Crippen LogP) is 2.85. The van der Waals surface area contributed by atoms with E-state index < -0.39 is 35.2 Å². The number of carbonyl (C=O) groups is 2. The molecule has 2 aromatic rings. The van der Waals surface area contributed by atoms with Crippen LogP contribution in [0.2, 0.25) is 0 Å². The number of carbonyl (C=O) groups excluding carboxylic acids is 2. The molecule has 1 aliphatic rings. The van der Waals surface area contributed by atoms with Crippen LogP contribution in [0, 0.1) is 34.0 Å². The maximum absolute atomic E-state index is 13.2. The summed E-state index contributed by atoms with van der Waals surface area (Å²) in [6.07, 6.45) is 0. The molecule has 0 aliphatic carbocycles. The minimum absolute atomic E-state index is 0.0798. The summed E-state index contributed by atoms with van der Waals surface area (Å²) in [6, 6.07) is 20.7. The number of nitriles is 2. The van der Waals surface area contributed by atoms with Gasteiger partial charge in [0.25, 0.3) is 0 Å². The summed E-state index contributed by atoms with van der Waals surface area (Å²) in [4.78, 5) is 26.0. The standard InChI is InChI=1S/C22H19N3O3/c1-2-28-21(27)22(14-24)18(15-9-5-3-6-10-15)17(13-23)20(26)25-19(22)16-11-7-4-8-12-16/h3-12,17-19H,2H2,1H3,(H,25,26). The van der Waals surface area contributed by atoms with E-state index in [-0.39, 0.29) is 6.61 Å². The van der Waals surface area contributed by atoms with E-state index >= 15 is 0 Å². The van der Waals surface area contributed by atoms with Crippen molar-refractivity contribution in [2.24, 2.45) is 11.3 Å². The molecule has 1 N–H and O–H groups in total. The first-order chi connectivity index (χ1) is 13.6. The molecular formula is C22H19N3O3. The third-order valence-electron chi connectivity index (χ3n) is 5.08. The van der Waals surface area contributed by atoms with E-state index in [1.54, 1.807) is 67.6 Å². The van der Waals surface area contributed by atoms with Crippen LogP contribution in [0.1, 0.15) is 30.0 Å². The Balaban J connectivity index is 2.30. The first-order valence-electron chi connectivity index (χ1n) is 8.98. The van der Waals surface area contributed by atoms with Gasteiger partial charge >= 0.3 is 5.97 Å². The fourth-order valence-corrected chi connectivity index (χ4v) is 3.86. The van der Waals surface area contributed by atoms with Crippen molar-refractivity contribution < 1.29 is 14.3 Å². The van der Waals surface area contributed by atoms with Crippen LogP contribution in [0.5, 0.6) is 0 Å². The second kappa shape index (κ2) is 7.94. The van der Waals surface area contributed by atoms with Crippen LogP contribution >= 0.6 is 0 Å². The molecule has 6 nitrogen and oxygen atoms in total. The summed E-state index contributed by atoms with van der Waals surface area (Å²) in [5, 5.41) is 22.7. The number of ether oxygens (including phenoxy) is 1. The monoisotopic (exact) mass is 373 g/mol. The highest BCUT2D eigenvalue weighted by atomic mass is 16.5. The molecule has 3 rings (SSSR count). The number of esters is 1. The van der Waals surface area contributed by atoms with Crippen LogP contribution in [0.25, 0.3) is 0 Å². The van der Waals surface area contributed by atoms with Gasteiger partial charge in [-0.15, -0.1) is 0 Å². The van der Waals surface area contributed by atoms with Gasteiger partial charge in [0, 0.05) is 5.92 Å². The fraction of sp³-hybridized carbons (Fsp3) is 0.273. The second-order valence-corrected chi connectivity index (χ2v) is 6.55. The van der Waals surface area contributed by atoms with Gasteiger partial charge in [0.15, 0.2) is 5.41 Å². The van der Waals surface area contributed by atoms with Crippen LogP contribution in [0.3, 0.4) is 0 Å². The molecule has 0 aromatic heterocycles. The van der Waals surface area contributed by atoms with Crippen LogP contribution in [-0.4, -0.2) is 18.5 Å². The number of nitrogens with one attached hydrogen (secondary N) is 1. The molecule has 0 spiro atoms. The maximum atomic E-state index is 13.2. The molecule has 28 heavy (non-hydrogen) atoms. The van der Waals surface area contributed by atoms with E-state index in [4.69, 9.17) is 4.74 Å². The van der Waals surface area contributed by atoms with E-state index in [9.17, 15) is 20.1 Å². The van der Waals surface area contributed by atoms with Crippen LogP contribution < -0.4 is 5.32 Å². The Labute approximate surface area is 163 Å². The summed E-state index contributed by atoms with van der Waals surface area (Å²) >= 11 is 0. The minimum Gasteiger partial charge on any atom is -0.465 e. The third-order valence-corrected chi connectivity index (χ3v) is 5.08. The summed E-state index contributed by atoms with van der Waals surface area (Å²) in [6.45, 7) is 1.73. The number of rotatable bonds is 4. The Morgan fingerprint density at radius 3 is 2.14 bits per heavy atom. The molecular weight excluding hydrogens is 354 g/mol. The Morgan fingerprint density at radius 2 is 1.64 bits per heavy atom. The average Bonchev–Trinajstić information content (AvgIpc) is 2.74. The first kappa shape index (κ1) is 19.1. The SMILES string of the molecule is CCOC(=O)C1(C#N)C(c2ccccc2)NC(=O)C(C#N)C1c1ccccc1. The van der Waals surface area contributed by atoms with Crippen molar-refractivity contribution in [3.05, 3.63) is 71.8 Å². The zero-order chi connectivity index (χ0) is 20.1. The average molecular weight is 373 g/mol. The molecule has 1 amide bonds. The van der Waals surface area contributed by atoms with E-state index in [0.29, 0.717) is 11.1 Å². The van der Waals surface area contributed by atoms with Gasteiger partial charge in [0.05, 0.1) is 24.8 Å². The lowest BCUT2D eigenvalue weighted by molar-refractivity contribution is -0.159. The van der Waals surface area contributed by atoms with Crippen LogP contribution in [0.15, 0.2) is 60.7 Å². The van der Waals surface area contributed by atoms with Gasteiger partial charge in [-0.25, -0.2) is 0 Å². The zero-order valence-electron chi connectivity index (χ0n) is 15.3. The summed E-state index contributed by atoms with van der Waals surface area (Å²) in [5.74, 6) is -3.44. The zero-order valence-corrected chi connectivity index (χ0v) is 15.3. The molecule has 0 radical (unpaired) electrons. The maximum Gasteiger partial charge on any atom is 0.329 e. The van der Waals surface area contributed by atoms with Gasteiger partial charge in [-0.1, -0.05) is 60.7 Å². The van der Waals surface area contributed by atoms with Crippen molar-refractivity contribution in [2.45, 2.75) is 18.9 Å². The summed E-state index contributed by atoms with van der Waals surface area (Å²) < 4.78 is 5.29. The largest absolute Gasteiger partial charge is 0.465 e.